The molecule has 2 fully saturated rings. The lowest BCUT2D eigenvalue weighted by molar-refractivity contribution is 0.0763. The minimum absolute atomic E-state index is 0.161. The predicted molar refractivity (Wildman–Crippen MR) is 102 cm³/mol. The van der Waals surface area contributed by atoms with Gasteiger partial charge in [-0.1, -0.05) is 12.8 Å². The molecule has 5 nitrogen and oxygen atoms in total. The van der Waals surface area contributed by atoms with Gasteiger partial charge in [0.15, 0.2) is 5.69 Å². The van der Waals surface area contributed by atoms with Gasteiger partial charge in [0.1, 0.15) is 0 Å². The summed E-state index contributed by atoms with van der Waals surface area (Å²) >= 11 is 1.94. The Hall–Kier alpha value is -1.01. The minimum atomic E-state index is 0.161. The van der Waals surface area contributed by atoms with Crippen molar-refractivity contribution in [3.8, 4) is 0 Å². The first-order valence-electron chi connectivity index (χ1n) is 9.90. The first kappa shape index (κ1) is 17.4. The fraction of sp³-hybridized carbons (Fsp3) is 0.789. The second-order valence-corrected chi connectivity index (χ2v) is 8.87. The lowest BCUT2D eigenvalue weighted by atomic mass is 9.90. The van der Waals surface area contributed by atoms with Crippen LogP contribution >= 0.6 is 11.8 Å². The molecule has 1 amide bonds. The number of hydrogen-bond acceptors (Lipinski definition) is 4. The van der Waals surface area contributed by atoms with Crippen LogP contribution in [0.15, 0.2) is 0 Å². The Morgan fingerprint density at radius 3 is 2.52 bits per heavy atom. The zero-order valence-corrected chi connectivity index (χ0v) is 16.2. The van der Waals surface area contributed by atoms with Gasteiger partial charge in [0.05, 0.1) is 0 Å². The summed E-state index contributed by atoms with van der Waals surface area (Å²) in [6.45, 7) is 4.19. The summed E-state index contributed by atoms with van der Waals surface area (Å²) in [5.74, 6) is 2.27. The van der Waals surface area contributed by atoms with Crippen molar-refractivity contribution in [2.24, 2.45) is 7.05 Å². The van der Waals surface area contributed by atoms with Crippen molar-refractivity contribution >= 4 is 17.7 Å². The Bertz CT molecular complexity index is 615. The lowest BCUT2D eigenvalue weighted by Gasteiger charge is -2.34. The van der Waals surface area contributed by atoms with Crippen LogP contribution in [0.3, 0.4) is 0 Å². The van der Waals surface area contributed by atoms with Crippen molar-refractivity contribution in [2.75, 3.05) is 37.7 Å². The number of likely N-dealkylation sites (tertiary alicyclic amines) is 1. The van der Waals surface area contributed by atoms with Crippen molar-refractivity contribution in [3.05, 3.63) is 17.0 Å². The molecular weight excluding hydrogens is 332 g/mol. The number of nitrogens with zero attached hydrogens (tertiary/aromatic N) is 4. The molecule has 0 N–H and O–H groups in total. The van der Waals surface area contributed by atoms with Gasteiger partial charge in [-0.15, -0.1) is 0 Å². The molecule has 0 aromatic carbocycles. The molecule has 2 saturated heterocycles. The topological polar surface area (TPSA) is 41.4 Å². The number of fused-ring (bicyclic) bond motifs is 1. The van der Waals surface area contributed by atoms with E-state index in [0.717, 1.165) is 43.1 Å². The second kappa shape index (κ2) is 7.70. The third kappa shape index (κ3) is 3.61. The van der Waals surface area contributed by atoms with Crippen molar-refractivity contribution in [2.45, 2.75) is 51.0 Å². The maximum absolute atomic E-state index is 13.1. The molecule has 0 saturated carbocycles. The lowest BCUT2D eigenvalue weighted by Crippen LogP contribution is -2.41. The minimum Gasteiger partial charge on any atom is -0.336 e. The third-order valence-electron chi connectivity index (χ3n) is 6.09. The zero-order chi connectivity index (χ0) is 17.2. The molecule has 1 unspecified atom stereocenters. The highest BCUT2D eigenvalue weighted by molar-refractivity contribution is 7.99. The summed E-state index contributed by atoms with van der Waals surface area (Å²) in [5.41, 5.74) is 3.27. The molecule has 2 aliphatic heterocycles. The monoisotopic (exact) mass is 362 g/mol. The average Bonchev–Trinajstić information content (AvgIpc) is 2.83. The van der Waals surface area contributed by atoms with Gasteiger partial charge in [0.25, 0.3) is 5.91 Å². The van der Waals surface area contributed by atoms with Crippen LogP contribution in [-0.2, 0) is 19.9 Å². The Morgan fingerprint density at radius 2 is 1.80 bits per heavy atom. The SMILES string of the molecule is Cn1nc(C(=O)N2CCSCC2)c2c1CCC(N1CCCCCC1)C2. The van der Waals surface area contributed by atoms with E-state index in [9.17, 15) is 4.79 Å². The Kier molecular flexibility index (Phi) is 5.36. The third-order valence-corrected chi connectivity index (χ3v) is 7.03. The van der Waals surface area contributed by atoms with Crippen LogP contribution < -0.4 is 0 Å². The maximum atomic E-state index is 13.1. The fourth-order valence-corrected chi connectivity index (χ4v) is 5.53. The van der Waals surface area contributed by atoms with Crippen molar-refractivity contribution < 1.29 is 4.79 Å². The van der Waals surface area contributed by atoms with E-state index in [2.05, 4.69) is 10.00 Å². The van der Waals surface area contributed by atoms with Gasteiger partial charge in [-0.05, 0) is 45.2 Å². The highest BCUT2D eigenvalue weighted by Crippen LogP contribution is 2.29. The van der Waals surface area contributed by atoms with E-state index in [1.54, 1.807) is 0 Å². The van der Waals surface area contributed by atoms with Crippen LogP contribution in [0.4, 0.5) is 0 Å². The smallest absolute Gasteiger partial charge is 0.274 e. The van der Waals surface area contributed by atoms with Gasteiger partial charge in [-0.2, -0.15) is 16.9 Å². The molecule has 0 bridgehead atoms. The molecule has 6 heteroatoms. The number of carbonyl (C=O) groups excluding carboxylic acids is 1. The Balaban J connectivity index is 1.54. The first-order chi connectivity index (χ1) is 12.2. The van der Waals surface area contributed by atoms with Crippen LogP contribution in [-0.4, -0.2) is 69.2 Å². The number of hydrogen-bond donors (Lipinski definition) is 0. The van der Waals surface area contributed by atoms with E-state index in [1.165, 1.54) is 56.5 Å². The van der Waals surface area contributed by atoms with Crippen LogP contribution in [0, 0.1) is 0 Å². The molecule has 1 aromatic rings. The number of thioether (sulfide) groups is 1. The van der Waals surface area contributed by atoms with Crippen molar-refractivity contribution in [1.29, 1.82) is 0 Å². The van der Waals surface area contributed by atoms with E-state index in [-0.39, 0.29) is 5.91 Å². The molecule has 25 heavy (non-hydrogen) atoms. The van der Waals surface area contributed by atoms with E-state index >= 15 is 0 Å². The molecule has 1 aromatic heterocycles. The van der Waals surface area contributed by atoms with Crippen LogP contribution in [0.25, 0.3) is 0 Å². The molecule has 3 aliphatic rings. The van der Waals surface area contributed by atoms with E-state index in [1.807, 2.05) is 28.4 Å². The molecule has 0 spiro atoms. The van der Waals surface area contributed by atoms with Gasteiger partial charge in [0.2, 0.25) is 0 Å². The highest BCUT2D eigenvalue weighted by Gasteiger charge is 2.33. The van der Waals surface area contributed by atoms with E-state index < -0.39 is 0 Å². The van der Waals surface area contributed by atoms with Crippen LogP contribution in [0.5, 0.6) is 0 Å². The van der Waals surface area contributed by atoms with Gasteiger partial charge < -0.3 is 9.80 Å². The predicted octanol–water partition coefficient (Wildman–Crippen LogP) is 2.34. The normalized spacial score (nSPS) is 25.5. The molecule has 0 radical (unpaired) electrons. The van der Waals surface area contributed by atoms with Gasteiger partial charge in [0, 0.05) is 48.9 Å². The quantitative estimate of drug-likeness (QED) is 0.810. The maximum Gasteiger partial charge on any atom is 0.274 e. The molecule has 1 atom stereocenters. The second-order valence-electron chi connectivity index (χ2n) is 7.65. The number of aryl methyl sites for hydroxylation is 1. The van der Waals surface area contributed by atoms with Gasteiger partial charge in [-0.3, -0.25) is 9.48 Å². The summed E-state index contributed by atoms with van der Waals surface area (Å²) < 4.78 is 1.97. The summed E-state index contributed by atoms with van der Waals surface area (Å²) in [5, 5.41) is 4.67. The molecule has 1 aliphatic carbocycles. The highest BCUT2D eigenvalue weighted by atomic mass is 32.2. The summed E-state index contributed by atoms with van der Waals surface area (Å²) in [6.07, 6.45) is 8.67. The number of amides is 1. The number of rotatable bonds is 2. The Morgan fingerprint density at radius 1 is 1.08 bits per heavy atom. The number of carbonyl (C=O) groups is 1. The molecule has 4 rings (SSSR count). The first-order valence-corrected chi connectivity index (χ1v) is 11.1. The molecular formula is C19H30N4OS. The van der Waals surface area contributed by atoms with Crippen LogP contribution in [0.2, 0.25) is 0 Å². The average molecular weight is 363 g/mol. The summed E-state index contributed by atoms with van der Waals surface area (Å²) in [7, 11) is 2.01. The van der Waals surface area contributed by atoms with Crippen LogP contribution in [0.1, 0.15) is 53.8 Å². The van der Waals surface area contributed by atoms with E-state index in [0.29, 0.717) is 6.04 Å². The largest absolute Gasteiger partial charge is 0.336 e. The van der Waals surface area contributed by atoms with E-state index in [4.69, 9.17) is 0 Å². The summed E-state index contributed by atoms with van der Waals surface area (Å²) in [4.78, 5) is 17.7. The summed E-state index contributed by atoms with van der Waals surface area (Å²) in [6, 6.07) is 0.596. The zero-order valence-electron chi connectivity index (χ0n) is 15.4. The molecule has 3 heterocycles. The Labute approximate surface area is 155 Å². The number of aromatic nitrogens is 2. The van der Waals surface area contributed by atoms with Gasteiger partial charge in [-0.25, -0.2) is 0 Å². The van der Waals surface area contributed by atoms with Crippen molar-refractivity contribution in [3.63, 3.8) is 0 Å². The fourth-order valence-electron chi connectivity index (χ4n) is 4.63. The standard InChI is InChI=1S/C19H30N4OS/c1-21-17-7-6-15(22-8-4-2-3-5-9-22)14-16(17)18(20-21)19(24)23-10-12-25-13-11-23/h15H,2-14H2,1H3. The van der Waals surface area contributed by atoms with Gasteiger partial charge >= 0.3 is 0 Å². The van der Waals surface area contributed by atoms with Crippen molar-refractivity contribution in [1.82, 2.24) is 19.6 Å². The molecule has 138 valence electrons.